The average Bonchev–Trinajstić information content (AvgIpc) is 2.72. The zero-order valence-corrected chi connectivity index (χ0v) is 19.1. The third kappa shape index (κ3) is 4.70. The van der Waals surface area contributed by atoms with E-state index in [0.29, 0.717) is 0 Å². The summed E-state index contributed by atoms with van der Waals surface area (Å²) in [5.41, 5.74) is 8.76. The second kappa shape index (κ2) is 9.63. The Labute approximate surface area is 186 Å². The van der Waals surface area contributed by atoms with Crippen molar-refractivity contribution in [3.63, 3.8) is 0 Å². The van der Waals surface area contributed by atoms with Crippen molar-refractivity contribution < 1.29 is 0 Å². The Morgan fingerprint density at radius 3 is 2.26 bits per heavy atom. The van der Waals surface area contributed by atoms with Crippen molar-refractivity contribution in [3.8, 4) is 0 Å². The molecular formula is C27H32N4. The fourth-order valence-electron chi connectivity index (χ4n) is 4.32. The zero-order chi connectivity index (χ0) is 22.5. The summed E-state index contributed by atoms with van der Waals surface area (Å²) in [4.78, 5) is 6.83. The molecule has 2 N–H and O–H groups in total. The number of para-hydroxylation sites is 1. The van der Waals surface area contributed by atoms with Crippen LogP contribution in [-0.2, 0) is 0 Å². The van der Waals surface area contributed by atoms with Crippen molar-refractivity contribution in [1.82, 2.24) is 4.98 Å². The first-order valence-electron chi connectivity index (χ1n) is 10.5. The van der Waals surface area contributed by atoms with E-state index in [-0.39, 0.29) is 6.04 Å². The molecule has 2 aromatic carbocycles. The third-order valence-corrected chi connectivity index (χ3v) is 5.39. The molecule has 160 valence electrons. The van der Waals surface area contributed by atoms with Crippen LogP contribution in [0.25, 0.3) is 6.08 Å². The number of aromatic nitrogens is 1. The average molecular weight is 413 g/mol. The molecule has 0 amide bonds. The molecule has 1 unspecified atom stereocenters. The van der Waals surface area contributed by atoms with Crippen LogP contribution in [0.4, 0.5) is 11.4 Å². The Kier molecular flexibility index (Phi) is 6.93. The van der Waals surface area contributed by atoms with E-state index >= 15 is 0 Å². The monoisotopic (exact) mass is 412 g/mol. The summed E-state index contributed by atoms with van der Waals surface area (Å²) in [7, 11) is 4.12. The Balaban J connectivity index is 2.28. The van der Waals surface area contributed by atoms with Gasteiger partial charge in [-0.2, -0.15) is 0 Å². The van der Waals surface area contributed by atoms with Gasteiger partial charge in [0.25, 0.3) is 0 Å². The molecule has 3 rings (SSSR count). The molecule has 1 heterocycles. The second-order valence-corrected chi connectivity index (χ2v) is 8.09. The van der Waals surface area contributed by atoms with Gasteiger partial charge in [-0.05, 0) is 49.6 Å². The van der Waals surface area contributed by atoms with Crippen molar-refractivity contribution >= 4 is 17.5 Å². The van der Waals surface area contributed by atoms with Gasteiger partial charge in [0.05, 0.1) is 11.4 Å². The van der Waals surface area contributed by atoms with Crippen LogP contribution in [-0.4, -0.2) is 19.1 Å². The van der Waals surface area contributed by atoms with Gasteiger partial charge in [0, 0.05) is 31.5 Å². The van der Waals surface area contributed by atoms with E-state index in [0.717, 1.165) is 39.3 Å². The molecule has 0 aliphatic carbocycles. The fraction of sp³-hybridized carbons (Fsp3) is 0.222. The Morgan fingerprint density at radius 2 is 1.68 bits per heavy atom. The first-order chi connectivity index (χ1) is 14.8. The lowest BCUT2D eigenvalue weighted by atomic mass is 9.94. The summed E-state index contributed by atoms with van der Waals surface area (Å²) < 4.78 is 0. The molecule has 0 radical (unpaired) electrons. The molecule has 0 fully saturated rings. The van der Waals surface area contributed by atoms with Crippen molar-refractivity contribution in [2.45, 2.75) is 26.8 Å². The first kappa shape index (κ1) is 22.3. The number of benzene rings is 2. The molecule has 4 nitrogen and oxygen atoms in total. The van der Waals surface area contributed by atoms with E-state index in [1.807, 2.05) is 35.5 Å². The van der Waals surface area contributed by atoms with Crippen LogP contribution in [0, 0.1) is 20.8 Å². The van der Waals surface area contributed by atoms with E-state index in [2.05, 4.69) is 82.8 Å². The van der Waals surface area contributed by atoms with Gasteiger partial charge in [-0.15, -0.1) is 0 Å². The van der Waals surface area contributed by atoms with Gasteiger partial charge in [-0.1, -0.05) is 66.8 Å². The molecule has 1 aromatic heterocycles. The SMILES string of the molecule is C=C/C=C\c1cccc(C(c2ccccn2)N(N)c2c(C)cc(C)cc2C)c1N(C)C. The topological polar surface area (TPSA) is 45.4 Å². The number of allylic oxidation sites excluding steroid dienone is 2. The van der Waals surface area contributed by atoms with Crippen LogP contribution in [0.15, 0.2) is 73.5 Å². The number of hydrazine groups is 1. The maximum absolute atomic E-state index is 6.91. The number of hydrogen-bond acceptors (Lipinski definition) is 4. The highest BCUT2D eigenvalue weighted by Crippen LogP contribution is 2.39. The predicted octanol–water partition coefficient (Wildman–Crippen LogP) is 5.74. The van der Waals surface area contributed by atoms with Gasteiger partial charge >= 0.3 is 0 Å². The molecule has 3 aromatic rings. The number of anilines is 2. The maximum atomic E-state index is 6.91. The van der Waals surface area contributed by atoms with Crippen molar-refractivity contribution in [2.24, 2.45) is 5.84 Å². The molecule has 1 atom stereocenters. The summed E-state index contributed by atoms with van der Waals surface area (Å²) in [6.45, 7) is 10.1. The lowest BCUT2D eigenvalue weighted by molar-refractivity contribution is 0.707. The molecule has 0 saturated carbocycles. The maximum Gasteiger partial charge on any atom is 0.114 e. The normalized spacial score (nSPS) is 12.1. The highest BCUT2D eigenvalue weighted by molar-refractivity contribution is 5.74. The van der Waals surface area contributed by atoms with Gasteiger partial charge in [0.1, 0.15) is 6.04 Å². The van der Waals surface area contributed by atoms with Crippen LogP contribution >= 0.6 is 0 Å². The molecule has 0 aliphatic heterocycles. The van der Waals surface area contributed by atoms with Crippen molar-refractivity contribution in [1.29, 1.82) is 0 Å². The molecule has 0 saturated heterocycles. The van der Waals surface area contributed by atoms with E-state index in [1.54, 1.807) is 6.08 Å². The quantitative estimate of drug-likeness (QED) is 0.305. The third-order valence-electron chi connectivity index (χ3n) is 5.39. The number of rotatable bonds is 7. The smallest absolute Gasteiger partial charge is 0.114 e. The number of aryl methyl sites for hydroxylation is 3. The summed E-state index contributed by atoms with van der Waals surface area (Å²) in [6.07, 6.45) is 7.64. The van der Waals surface area contributed by atoms with E-state index in [4.69, 9.17) is 10.8 Å². The lowest BCUT2D eigenvalue weighted by Crippen LogP contribution is -2.38. The molecule has 0 spiro atoms. The standard InChI is InChI=1S/C27H32N4/c1-7-8-12-22-13-11-14-23(26(22)30(5)6)27(24-15-9-10-16-29-24)31(28)25-20(3)17-19(2)18-21(25)4/h7-18,27H,1,28H2,2-6H3/b12-8-. The molecule has 31 heavy (non-hydrogen) atoms. The van der Waals surface area contributed by atoms with Crippen molar-refractivity contribution in [3.05, 3.63) is 107 Å². The Morgan fingerprint density at radius 1 is 0.968 bits per heavy atom. The molecule has 4 heteroatoms. The van der Waals surface area contributed by atoms with Gasteiger partial charge in [0.15, 0.2) is 0 Å². The van der Waals surface area contributed by atoms with E-state index in [1.165, 1.54) is 5.56 Å². The summed E-state index contributed by atoms with van der Waals surface area (Å²) >= 11 is 0. The van der Waals surface area contributed by atoms with Crippen LogP contribution in [0.1, 0.15) is 39.6 Å². The van der Waals surface area contributed by atoms with Crippen LogP contribution in [0.5, 0.6) is 0 Å². The van der Waals surface area contributed by atoms with Crippen LogP contribution in [0.2, 0.25) is 0 Å². The summed E-state index contributed by atoms with van der Waals surface area (Å²) in [5, 5.41) is 1.87. The molecule has 0 aliphatic rings. The number of hydrogen-bond donors (Lipinski definition) is 1. The minimum atomic E-state index is -0.254. The van der Waals surface area contributed by atoms with E-state index < -0.39 is 0 Å². The highest BCUT2D eigenvalue weighted by atomic mass is 15.4. The minimum Gasteiger partial charge on any atom is -0.377 e. The number of nitrogens with two attached hydrogens (primary N) is 1. The van der Waals surface area contributed by atoms with Crippen molar-refractivity contribution in [2.75, 3.05) is 24.0 Å². The zero-order valence-electron chi connectivity index (χ0n) is 19.1. The fourth-order valence-corrected chi connectivity index (χ4v) is 4.32. The molecular weight excluding hydrogens is 380 g/mol. The number of nitrogens with zero attached hydrogens (tertiary/aromatic N) is 3. The van der Waals surface area contributed by atoms with Gasteiger partial charge in [0.2, 0.25) is 0 Å². The van der Waals surface area contributed by atoms with Crippen LogP contribution in [0.3, 0.4) is 0 Å². The second-order valence-electron chi connectivity index (χ2n) is 8.09. The lowest BCUT2D eigenvalue weighted by Gasteiger charge is -2.34. The first-order valence-corrected chi connectivity index (χ1v) is 10.5. The Bertz CT molecular complexity index is 1060. The highest BCUT2D eigenvalue weighted by Gasteiger charge is 2.28. The summed E-state index contributed by atoms with van der Waals surface area (Å²) in [6, 6.07) is 16.4. The number of pyridine rings is 1. The Hall–Kier alpha value is -3.37. The van der Waals surface area contributed by atoms with E-state index in [9.17, 15) is 0 Å². The largest absolute Gasteiger partial charge is 0.377 e. The van der Waals surface area contributed by atoms with Gasteiger partial charge in [-0.3, -0.25) is 9.99 Å². The summed E-state index contributed by atoms with van der Waals surface area (Å²) in [5.74, 6) is 6.91. The van der Waals surface area contributed by atoms with Gasteiger partial charge < -0.3 is 4.90 Å². The molecule has 0 bridgehead atoms. The predicted molar refractivity (Wildman–Crippen MR) is 133 cm³/mol. The minimum absolute atomic E-state index is 0.254. The van der Waals surface area contributed by atoms with Crippen LogP contribution < -0.4 is 15.8 Å². The van der Waals surface area contributed by atoms with Gasteiger partial charge in [-0.25, -0.2) is 5.84 Å².